The molecule has 0 radical (unpaired) electrons. The van der Waals surface area contributed by atoms with Crippen molar-refractivity contribution in [2.75, 3.05) is 18.4 Å². The molecule has 2 amide bonds. The number of aliphatic carboxylic acids is 1. The molecular formula is C25H33N5O4. The summed E-state index contributed by atoms with van der Waals surface area (Å²) < 4.78 is 0. The predicted molar refractivity (Wildman–Crippen MR) is 129 cm³/mol. The van der Waals surface area contributed by atoms with Gasteiger partial charge in [0.15, 0.2) is 0 Å². The molecule has 2 heterocycles. The number of rotatable bonds is 8. The number of carboxylic acid groups (broad SMARTS) is 1. The number of anilines is 1. The van der Waals surface area contributed by atoms with Gasteiger partial charge in [-0.15, -0.1) is 0 Å². The van der Waals surface area contributed by atoms with Gasteiger partial charge in [0.25, 0.3) is 0 Å². The summed E-state index contributed by atoms with van der Waals surface area (Å²) in [6.07, 6.45) is 8.24. The van der Waals surface area contributed by atoms with Crippen LogP contribution in [0.4, 0.5) is 5.82 Å². The van der Waals surface area contributed by atoms with Crippen molar-refractivity contribution in [2.45, 2.75) is 70.1 Å². The van der Waals surface area contributed by atoms with E-state index in [1.807, 2.05) is 24.3 Å². The zero-order valence-corrected chi connectivity index (χ0v) is 19.6. The summed E-state index contributed by atoms with van der Waals surface area (Å²) >= 11 is 0. The van der Waals surface area contributed by atoms with Crippen molar-refractivity contribution in [3.63, 3.8) is 0 Å². The largest absolute Gasteiger partial charge is 0.480 e. The highest BCUT2D eigenvalue weighted by molar-refractivity contribution is 6.02. The van der Waals surface area contributed by atoms with Crippen molar-refractivity contribution in [3.8, 4) is 0 Å². The SMILES string of the molecule is C[C@H](N)C(=O)Nc1nccc2cc(CN(CC(=O)O)C(=O)C3CCN3C3CCCCC3)ccc12. The van der Waals surface area contributed by atoms with Crippen LogP contribution in [0.15, 0.2) is 30.5 Å². The molecule has 1 saturated heterocycles. The molecule has 1 saturated carbocycles. The monoisotopic (exact) mass is 467 g/mol. The van der Waals surface area contributed by atoms with E-state index in [0.717, 1.165) is 42.1 Å². The first kappa shape index (κ1) is 24.1. The van der Waals surface area contributed by atoms with Crippen molar-refractivity contribution < 1.29 is 19.5 Å². The van der Waals surface area contributed by atoms with Crippen molar-refractivity contribution in [1.82, 2.24) is 14.8 Å². The molecule has 1 aromatic carbocycles. The van der Waals surface area contributed by atoms with E-state index in [0.29, 0.717) is 11.9 Å². The van der Waals surface area contributed by atoms with Crippen molar-refractivity contribution >= 4 is 34.4 Å². The average molecular weight is 468 g/mol. The minimum Gasteiger partial charge on any atom is -0.480 e. The summed E-state index contributed by atoms with van der Waals surface area (Å²) in [6.45, 7) is 2.38. The Morgan fingerprint density at radius 1 is 1.21 bits per heavy atom. The van der Waals surface area contributed by atoms with Crippen molar-refractivity contribution in [3.05, 3.63) is 36.0 Å². The van der Waals surface area contributed by atoms with Gasteiger partial charge in [-0.1, -0.05) is 31.4 Å². The van der Waals surface area contributed by atoms with Crippen molar-refractivity contribution in [2.24, 2.45) is 5.73 Å². The highest BCUT2D eigenvalue weighted by Gasteiger charge is 2.41. The van der Waals surface area contributed by atoms with Crippen LogP contribution in [0.5, 0.6) is 0 Å². The van der Waals surface area contributed by atoms with Crippen LogP contribution in [0.25, 0.3) is 10.8 Å². The first-order chi connectivity index (χ1) is 16.3. The molecule has 2 aliphatic rings. The second-order valence-corrected chi connectivity index (χ2v) is 9.42. The lowest BCUT2D eigenvalue weighted by Gasteiger charge is -2.47. The van der Waals surface area contributed by atoms with Crippen LogP contribution >= 0.6 is 0 Å². The molecule has 2 fully saturated rings. The second-order valence-electron chi connectivity index (χ2n) is 9.42. The molecule has 1 unspecified atom stereocenters. The Morgan fingerprint density at radius 3 is 2.62 bits per heavy atom. The Kier molecular flexibility index (Phi) is 7.43. The average Bonchev–Trinajstić information content (AvgIpc) is 2.78. The van der Waals surface area contributed by atoms with E-state index in [2.05, 4.69) is 15.2 Å². The van der Waals surface area contributed by atoms with Gasteiger partial charge in [-0.25, -0.2) is 4.98 Å². The maximum atomic E-state index is 13.4. The third-order valence-electron chi connectivity index (χ3n) is 6.89. The van der Waals surface area contributed by atoms with Crippen molar-refractivity contribution in [1.29, 1.82) is 0 Å². The number of carbonyl (C=O) groups is 3. The molecule has 4 N–H and O–H groups in total. The fourth-order valence-corrected chi connectivity index (χ4v) is 4.98. The Morgan fingerprint density at radius 2 is 1.97 bits per heavy atom. The number of benzene rings is 1. The summed E-state index contributed by atoms with van der Waals surface area (Å²) in [4.78, 5) is 44.9. The molecule has 0 spiro atoms. The molecule has 1 aliphatic carbocycles. The normalized spacial score (nSPS) is 19.9. The van der Waals surface area contributed by atoms with Crippen LogP contribution in [0.1, 0.15) is 51.0 Å². The second kappa shape index (κ2) is 10.5. The lowest BCUT2D eigenvalue weighted by molar-refractivity contribution is -0.151. The van der Waals surface area contributed by atoms with E-state index < -0.39 is 12.0 Å². The Labute approximate surface area is 199 Å². The lowest BCUT2D eigenvalue weighted by atomic mass is 9.88. The van der Waals surface area contributed by atoms with Gasteiger partial charge in [0.1, 0.15) is 12.4 Å². The van der Waals surface area contributed by atoms with Gasteiger partial charge >= 0.3 is 5.97 Å². The van der Waals surface area contributed by atoms with Gasteiger partial charge < -0.3 is 21.1 Å². The first-order valence-electron chi connectivity index (χ1n) is 12.0. The van der Waals surface area contributed by atoms with Crippen LogP contribution in [0.2, 0.25) is 0 Å². The van der Waals surface area contributed by atoms with Gasteiger partial charge in [0.2, 0.25) is 11.8 Å². The number of nitrogens with one attached hydrogen (secondary N) is 1. The molecular weight excluding hydrogens is 434 g/mol. The van der Waals surface area contributed by atoms with Gasteiger partial charge in [-0.05, 0) is 49.3 Å². The Hall–Kier alpha value is -3.04. The van der Waals surface area contributed by atoms with Gasteiger partial charge in [0.05, 0.1) is 12.1 Å². The molecule has 1 aromatic heterocycles. The van der Waals surface area contributed by atoms with Crippen LogP contribution in [-0.4, -0.2) is 68.9 Å². The lowest BCUT2D eigenvalue weighted by Crippen LogP contribution is -2.60. The van der Waals surface area contributed by atoms with Crippen LogP contribution in [0.3, 0.4) is 0 Å². The number of aromatic nitrogens is 1. The molecule has 2 atom stereocenters. The van der Waals surface area contributed by atoms with E-state index >= 15 is 0 Å². The topological polar surface area (TPSA) is 129 Å². The van der Waals surface area contributed by atoms with Gasteiger partial charge in [0, 0.05) is 30.7 Å². The number of nitrogens with two attached hydrogens (primary N) is 1. The highest BCUT2D eigenvalue weighted by Crippen LogP contribution is 2.31. The maximum Gasteiger partial charge on any atom is 0.323 e. The van der Waals surface area contributed by atoms with E-state index in [4.69, 9.17) is 5.73 Å². The molecule has 182 valence electrons. The van der Waals surface area contributed by atoms with E-state index in [1.54, 1.807) is 13.1 Å². The van der Waals surface area contributed by atoms with Crippen LogP contribution in [-0.2, 0) is 20.9 Å². The summed E-state index contributed by atoms with van der Waals surface area (Å²) in [7, 11) is 0. The number of pyridine rings is 1. The fourth-order valence-electron chi connectivity index (χ4n) is 4.98. The zero-order valence-electron chi connectivity index (χ0n) is 19.6. The smallest absolute Gasteiger partial charge is 0.323 e. The van der Waals surface area contributed by atoms with E-state index in [-0.39, 0.29) is 30.9 Å². The van der Waals surface area contributed by atoms with E-state index in [1.165, 1.54) is 24.2 Å². The maximum absolute atomic E-state index is 13.4. The molecule has 2 aromatic rings. The summed E-state index contributed by atoms with van der Waals surface area (Å²) in [5.41, 5.74) is 6.46. The third kappa shape index (κ3) is 5.37. The minimum absolute atomic E-state index is 0.112. The number of fused-ring (bicyclic) bond motifs is 1. The molecule has 4 rings (SSSR count). The van der Waals surface area contributed by atoms with Crippen LogP contribution < -0.4 is 11.1 Å². The molecule has 0 bridgehead atoms. The van der Waals surface area contributed by atoms with Gasteiger partial charge in [-0.3, -0.25) is 19.3 Å². The zero-order chi connectivity index (χ0) is 24.2. The fraction of sp³-hybridized carbons (Fsp3) is 0.520. The number of amides is 2. The van der Waals surface area contributed by atoms with E-state index in [9.17, 15) is 19.5 Å². The number of nitrogens with zero attached hydrogens (tertiary/aromatic N) is 3. The first-order valence-corrected chi connectivity index (χ1v) is 12.0. The highest BCUT2D eigenvalue weighted by atomic mass is 16.4. The number of carboxylic acids is 1. The molecule has 9 heteroatoms. The number of carbonyl (C=O) groups excluding carboxylic acids is 2. The third-order valence-corrected chi connectivity index (χ3v) is 6.89. The summed E-state index contributed by atoms with van der Waals surface area (Å²) in [6, 6.07) is 6.93. The quantitative estimate of drug-likeness (QED) is 0.543. The molecule has 9 nitrogen and oxygen atoms in total. The van der Waals surface area contributed by atoms with Crippen LogP contribution in [0, 0.1) is 0 Å². The summed E-state index contributed by atoms with van der Waals surface area (Å²) in [5, 5.41) is 13.8. The van der Waals surface area contributed by atoms with Gasteiger partial charge in [-0.2, -0.15) is 0 Å². The standard InChI is InChI=1S/C25H33N5O4/c1-16(26)24(33)28-23-20-8-7-17(13-18(20)9-11-27-23)14-29(15-22(31)32)25(34)21-10-12-30(21)19-5-3-2-4-6-19/h7-9,11,13,16,19,21H,2-6,10,12,14-15,26H2,1H3,(H,31,32)(H,27,28,33)/t16-,21?/m0/s1. The Balaban J connectivity index is 1.51. The minimum atomic E-state index is -1.03. The number of hydrogen-bond donors (Lipinski definition) is 3. The molecule has 1 aliphatic heterocycles. The Bertz CT molecular complexity index is 1070. The number of likely N-dealkylation sites (tertiary alicyclic amines) is 1. The molecule has 34 heavy (non-hydrogen) atoms. The summed E-state index contributed by atoms with van der Waals surface area (Å²) in [5.74, 6) is -1.05. The predicted octanol–water partition coefficient (Wildman–Crippen LogP) is 2.34. The number of hydrogen-bond acceptors (Lipinski definition) is 6.